The number of fused-ring (bicyclic) bond motifs is 3. The van der Waals surface area contributed by atoms with E-state index in [1.807, 2.05) is 31.2 Å². The van der Waals surface area contributed by atoms with Gasteiger partial charge in [0.1, 0.15) is 0 Å². The third kappa shape index (κ3) is 0.992. The number of amides is 1. The predicted molar refractivity (Wildman–Crippen MR) is 58.8 cm³/mol. The van der Waals surface area contributed by atoms with E-state index in [4.69, 9.17) is 0 Å². The van der Waals surface area contributed by atoms with Crippen molar-refractivity contribution in [3.8, 4) is 6.07 Å². The van der Waals surface area contributed by atoms with Crippen LogP contribution >= 0.6 is 0 Å². The fourth-order valence-corrected chi connectivity index (χ4v) is 3.02. The van der Waals surface area contributed by atoms with Crippen LogP contribution in [0.15, 0.2) is 24.3 Å². The van der Waals surface area contributed by atoms with Gasteiger partial charge in [-0.25, -0.2) is 0 Å². The molecule has 0 radical (unpaired) electrons. The van der Waals surface area contributed by atoms with Crippen molar-refractivity contribution in [3.63, 3.8) is 0 Å². The molecular formula is C13H12N2O. The average molecular weight is 212 g/mol. The highest BCUT2D eigenvalue weighted by atomic mass is 16.1. The van der Waals surface area contributed by atoms with E-state index in [0.29, 0.717) is 0 Å². The summed E-state index contributed by atoms with van der Waals surface area (Å²) in [6.07, 6.45) is 0.758. The highest BCUT2D eigenvalue weighted by Crippen LogP contribution is 2.54. The van der Waals surface area contributed by atoms with Crippen molar-refractivity contribution in [2.45, 2.75) is 25.3 Å². The summed E-state index contributed by atoms with van der Waals surface area (Å²) in [6, 6.07) is 10.1. The first-order valence-electron chi connectivity index (χ1n) is 5.47. The van der Waals surface area contributed by atoms with Gasteiger partial charge in [-0.2, -0.15) is 5.26 Å². The van der Waals surface area contributed by atoms with Crippen LogP contribution in [0.4, 0.5) is 0 Å². The third-order valence-electron chi connectivity index (χ3n) is 3.85. The van der Waals surface area contributed by atoms with Gasteiger partial charge in [0.15, 0.2) is 0 Å². The van der Waals surface area contributed by atoms with E-state index in [1.165, 1.54) is 0 Å². The van der Waals surface area contributed by atoms with Crippen LogP contribution in [0.2, 0.25) is 0 Å². The Labute approximate surface area is 94.1 Å². The Kier molecular flexibility index (Phi) is 1.68. The molecule has 1 N–H and O–H groups in total. The van der Waals surface area contributed by atoms with Gasteiger partial charge in [-0.1, -0.05) is 18.2 Å². The van der Waals surface area contributed by atoms with Gasteiger partial charge in [-0.15, -0.1) is 0 Å². The number of carbonyl (C=O) groups excluding carboxylic acids is 1. The van der Waals surface area contributed by atoms with Gasteiger partial charge in [0, 0.05) is 17.5 Å². The molecule has 1 amide bonds. The van der Waals surface area contributed by atoms with Crippen LogP contribution in [0.25, 0.3) is 0 Å². The molecule has 1 saturated carbocycles. The van der Waals surface area contributed by atoms with Gasteiger partial charge in [-0.05, 0) is 25.0 Å². The number of rotatable bonds is 0. The van der Waals surface area contributed by atoms with Crippen LogP contribution in [0.3, 0.4) is 0 Å². The molecule has 0 bridgehead atoms. The van der Waals surface area contributed by atoms with Crippen LogP contribution in [0, 0.1) is 16.7 Å². The van der Waals surface area contributed by atoms with Crippen LogP contribution in [-0.2, 0) is 0 Å². The summed E-state index contributed by atoms with van der Waals surface area (Å²) in [5.41, 5.74) is 1.44. The van der Waals surface area contributed by atoms with Crippen LogP contribution in [-0.4, -0.2) is 11.9 Å². The number of carbonyl (C=O) groups is 1. The Morgan fingerprint density at radius 2 is 2.25 bits per heavy atom. The normalized spacial score (nSPS) is 35.1. The highest BCUT2D eigenvalue weighted by Gasteiger charge is 2.55. The summed E-state index contributed by atoms with van der Waals surface area (Å²) < 4.78 is 0. The van der Waals surface area contributed by atoms with E-state index in [9.17, 15) is 10.1 Å². The minimum atomic E-state index is -0.325. The number of nitrogens with one attached hydrogen (secondary N) is 1. The lowest BCUT2D eigenvalue weighted by Crippen LogP contribution is -2.59. The van der Waals surface area contributed by atoms with Crippen molar-refractivity contribution in [2.75, 3.05) is 0 Å². The number of benzene rings is 1. The van der Waals surface area contributed by atoms with Crippen LogP contribution in [0.1, 0.15) is 35.2 Å². The highest BCUT2D eigenvalue weighted by molar-refractivity contribution is 5.97. The minimum Gasteiger partial charge on any atom is -0.349 e. The second kappa shape index (κ2) is 2.85. The molecule has 1 aliphatic carbocycles. The summed E-state index contributed by atoms with van der Waals surface area (Å²) in [5.74, 6) is 0.156. The Balaban J connectivity index is 2.14. The molecule has 3 heteroatoms. The standard InChI is InChI=1S/C13H12N2O/c1-13(7-14)6-10-11(13)8-4-2-3-5-9(8)12(16)15-10/h2-5,10-11H,6H2,1H3,(H,15,16)/t10-,11-,13-/m0/s1. The Morgan fingerprint density at radius 3 is 3.00 bits per heavy atom. The lowest BCUT2D eigenvalue weighted by Gasteiger charge is -2.52. The topological polar surface area (TPSA) is 52.9 Å². The summed E-state index contributed by atoms with van der Waals surface area (Å²) >= 11 is 0. The fourth-order valence-electron chi connectivity index (χ4n) is 3.02. The average Bonchev–Trinajstić information content (AvgIpc) is 2.27. The number of nitrogens with zero attached hydrogens (tertiary/aromatic N) is 1. The number of nitriles is 1. The first-order chi connectivity index (χ1) is 7.65. The lowest BCUT2D eigenvalue weighted by molar-refractivity contribution is 0.0711. The van der Waals surface area contributed by atoms with E-state index >= 15 is 0 Å². The molecule has 80 valence electrons. The quantitative estimate of drug-likeness (QED) is 0.713. The van der Waals surface area contributed by atoms with E-state index < -0.39 is 0 Å². The van der Waals surface area contributed by atoms with E-state index in [-0.39, 0.29) is 23.3 Å². The van der Waals surface area contributed by atoms with Crippen molar-refractivity contribution in [1.29, 1.82) is 5.26 Å². The Morgan fingerprint density at radius 1 is 1.50 bits per heavy atom. The first kappa shape index (κ1) is 9.41. The van der Waals surface area contributed by atoms with Crippen LogP contribution in [0.5, 0.6) is 0 Å². The van der Waals surface area contributed by atoms with E-state index in [0.717, 1.165) is 17.5 Å². The van der Waals surface area contributed by atoms with Crippen molar-refractivity contribution in [1.82, 2.24) is 5.32 Å². The molecule has 0 unspecified atom stereocenters. The first-order valence-corrected chi connectivity index (χ1v) is 5.47. The monoisotopic (exact) mass is 212 g/mol. The van der Waals surface area contributed by atoms with Gasteiger partial charge >= 0.3 is 0 Å². The number of hydrogen-bond acceptors (Lipinski definition) is 2. The van der Waals surface area contributed by atoms with Crippen molar-refractivity contribution < 1.29 is 4.79 Å². The molecule has 1 aliphatic heterocycles. The minimum absolute atomic E-state index is 0.00293. The SMILES string of the molecule is C[C@@]1(C#N)C[C@@H]2NC(=O)c3ccccc3[C@@H]21. The molecule has 3 atom stereocenters. The maximum absolute atomic E-state index is 11.8. The molecule has 2 aliphatic rings. The van der Waals surface area contributed by atoms with Crippen molar-refractivity contribution >= 4 is 5.91 Å². The molecule has 1 aromatic rings. The van der Waals surface area contributed by atoms with Gasteiger partial charge < -0.3 is 5.32 Å². The van der Waals surface area contributed by atoms with Crippen LogP contribution < -0.4 is 5.32 Å². The molecular weight excluding hydrogens is 200 g/mol. The number of hydrogen-bond donors (Lipinski definition) is 1. The van der Waals surface area contributed by atoms with Gasteiger partial charge in [0.25, 0.3) is 5.91 Å². The lowest BCUT2D eigenvalue weighted by atomic mass is 9.54. The zero-order valence-corrected chi connectivity index (χ0v) is 9.03. The maximum Gasteiger partial charge on any atom is 0.251 e. The molecule has 16 heavy (non-hydrogen) atoms. The summed E-state index contributed by atoms with van der Waals surface area (Å²) in [4.78, 5) is 11.8. The zero-order chi connectivity index (χ0) is 11.3. The molecule has 0 spiro atoms. The molecule has 0 saturated heterocycles. The second-order valence-electron chi connectivity index (χ2n) is 4.88. The summed E-state index contributed by atoms with van der Waals surface area (Å²) in [7, 11) is 0. The molecule has 1 aromatic carbocycles. The smallest absolute Gasteiger partial charge is 0.251 e. The molecule has 3 nitrogen and oxygen atoms in total. The van der Waals surface area contributed by atoms with Crippen molar-refractivity contribution in [3.05, 3.63) is 35.4 Å². The fraction of sp³-hybridized carbons (Fsp3) is 0.385. The van der Waals surface area contributed by atoms with E-state index in [1.54, 1.807) is 0 Å². The Bertz CT molecular complexity index is 517. The summed E-state index contributed by atoms with van der Waals surface area (Å²) in [6.45, 7) is 1.97. The summed E-state index contributed by atoms with van der Waals surface area (Å²) in [5, 5.41) is 12.2. The van der Waals surface area contributed by atoms with Crippen molar-refractivity contribution in [2.24, 2.45) is 5.41 Å². The molecule has 1 fully saturated rings. The molecule has 0 aromatic heterocycles. The maximum atomic E-state index is 11.8. The molecule has 1 heterocycles. The van der Waals surface area contributed by atoms with Gasteiger partial charge in [0.2, 0.25) is 0 Å². The Hall–Kier alpha value is -1.82. The zero-order valence-electron chi connectivity index (χ0n) is 9.03. The third-order valence-corrected chi connectivity index (χ3v) is 3.85. The second-order valence-corrected chi connectivity index (χ2v) is 4.88. The predicted octanol–water partition coefficient (Wildman–Crippen LogP) is 1.82. The van der Waals surface area contributed by atoms with Gasteiger partial charge in [-0.3, -0.25) is 4.79 Å². The largest absolute Gasteiger partial charge is 0.349 e. The molecule has 3 rings (SSSR count). The van der Waals surface area contributed by atoms with E-state index in [2.05, 4.69) is 11.4 Å². The van der Waals surface area contributed by atoms with Gasteiger partial charge in [0.05, 0.1) is 11.5 Å².